The summed E-state index contributed by atoms with van der Waals surface area (Å²) in [5, 5.41) is 7.58. The molecule has 0 radical (unpaired) electrons. The summed E-state index contributed by atoms with van der Waals surface area (Å²) in [6, 6.07) is 7.47. The molecule has 7 heteroatoms. The average Bonchev–Trinajstić information content (AvgIpc) is 3.09. The van der Waals surface area contributed by atoms with Crippen molar-refractivity contribution in [3.63, 3.8) is 0 Å². The minimum absolute atomic E-state index is 0.181. The molecule has 1 atom stereocenters. The summed E-state index contributed by atoms with van der Waals surface area (Å²) in [6.07, 6.45) is -0.181. The number of rotatable bonds is 6. The molecule has 0 aliphatic rings. The molecule has 4 nitrogen and oxygen atoms in total. The van der Waals surface area contributed by atoms with Crippen LogP contribution in [-0.4, -0.2) is 19.7 Å². The molecule has 0 aliphatic carbocycles. The van der Waals surface area contributed by atoms with Crippen molar-refractivity contribution in [3.8, 4) is 0 Å². The zero-order valence-electron chi connectivity index (χ0n) is 10.9. The Hall–Kier alpha value is -1.08. The predicted molar refractivity (Wildman–Crippen MR) is 83.6 cm³/mol. The normalized spacial score (nSPS) is 12.1. The number of methoxy groups -OCH3 is 1. The van der Waals surface area contributed by atoms with E-state index in [0.29, 0.717) is 17.4 Å². The van der Waals surface area contributed by atoms with Gasteiger partial charge in [0, 0.05) is 16.9 Å². The van der Waals surface area contributed by atoms with Crippen LogP contribution >= 0.6 is 34.3 Å². The first kappa shape index (κ1) is 15.3. The third kappa shape index (κ3) is 4.49. The van der Waals surface area contributed by atoms with Crippen molar-refractivity contribution in [3.05, 3.63) is 43.7 Å². The van der Waals surface area contributed by atoms with Gasteiger partial charge >= 0.3 is 6.03 Å². The van der Waals surface area contributed by atoms with Gasteiger partial charge in [-0.15, -0.1) is 22.7 Å². The molecule has 0 bridgehead atoms. The lowest BCUT2D eigenvalue weighted by Crippen LogP contribution is -2.37. The van der Waals surface area contributed by atoms with Crippen LogP contribution in [0.2, 0.25) is 4.34 Å². The molecule has 0 aliphatic heterocycles. The Bertz CT molecular complexity index is 542. The van der Waals surface area contributed by atoms with Crippen molar-refractivity contribution in [2.24, 2.45) is 0 Å². The van der Waals surface area contributed by atoms with Crippen molar-refractivity contribution < 1.29 is 9.53 Å². The molecule has 0 fully saturated rings. The zero-order chi connectivity index (χ0) is 14.4. The van der Waals surface area contributed by atoms with E-state index in [1.807, 2.05) is 29.6 Å². The fourth-order valence-electron chi connectivity index (χ4n) is 1.63. The van der Waals surface area contributed by atoms with Crippen LogP contribution in [-0.2, 0) is 11.3 Å². The fraction of sp³-hybridized carbons (Fsp3) is 0.308. The second kappa shape index (κ2) is 7.64. The van der Waals surface area contributed by atoms with E-state index < -0.39 is 0 Å². The number of ether oxygens (including phenoxy) is 1. The predicted octanol–water partition coefficient (Wildman–Crippen LogP) is 3.65. The van der Waals surface area contributed by atoms with Gasteiger partial charge in [-0.1, -0.05) is 17.7 Å². The van der Waals surface area contributed by atoms with Crippen molar-refractivity contribution >= 4 is 40.3 Å². The maximum Gasteiger partial charge on any atom is 0.315 e. The summed E-state index contributed by atoms with van der Waals surface area (Å²) in [4.78, 5) is 13.8. The lowest BCUT2D eigenvalue weighted by Gasteiger charge is -2.14. The molecule has 2 aromatic rings. The molecule has 2 aromatic heterocycles. The minimum Gasteiger partial charge on any atom is -0.374 e. The zero-order valence-corrected chi connectivity index (χ0v) is 13.3. The van der Waals surface area contributed by atoms with Crippen molar-refractivity contribution in [1.82, 2.24) is 10.6 Å². The number of carbonyl (C=O) groups is 1. The highest BCUT2D eigenvalue weighted by molar-refractivity contribution is 7.16. The maximum atomic E-state index is 11.7. The lowest BCUT2D eigenvalue weighted by atomic mass is 10.3. The number of amides is 2. The smallest absolute Gasteiger partial charge is 0.315 e. The van der Waals surface area contributed by atoms with Gasteiger partial charge in [0.05, 0.1) is 17.4 Å². The highest BCUT2D eigenvalue weighted by Crippen LogP contribution is 2.28. The van der Waals surface area contributed by atoms with Crippen LogP contribution in [0, 0.1) is 0 Å². The molecule has 0 saturated heterocycles. The topological polar surface area (TPSA) is 50.4 Å². The van der Waals surface area contributed by atoms with E-state index in [4.69, 9.17) is 16.3 Å². The van der Waals surface area contributed by atoms with Crippen LogP contribution in [0.5, 0.6) is 0 Å². The quantitative estimate of drug-likeness (QED) is 0.849. The molecular formula is C13H15ClN2O2S2. The van der Waals surface area contributed by atoms with E-state index in [-0.39, 0.29) is 12.1 Å². The van der Waals surface area contributed by atoms with Crippen molar-refractivity contribution in [2.45, 2.75) is 12.6 Å². The van der Waals surface area contributed by atoms with Crippen LogP contribution in [0.25, 0.3) is 0 Å². The molecule has 2 rings (SSSR count). The third-order valence-corrected chi connectivity index (χ3v) is 4.85. The van der Waals surface area contributed by atoms with Gasteiger partial charge in [-0.05, 0) is 23.6 Å². The Morgan fingerprint density at radius 2 is 2.25 bits per heavy atom. The summed E-state index contributed by atoms with van der Waals surface area (Å²) in [6.45, 7) is 0.940. The van der Waals surface area contributed by atoms with E-state index in [1.54, 1.807) is 18.4 Å². The van der Waals surface area contributed by atoms with Crippen LogP contribution in [0.1, 0.15) is 15.9 Å². The molecule has 2 heterocycles. The van der Waals surface area contributed by atoms with Crippen LogP contribution in [0.4, 0.5) is 4.79 Å². The third-order valence-electron chi connectivity index (χ3n) is 2.65. The average molecular weight is 331 g/mol. The van der Waals surface area contributed by atoms with Gasteiger partial charge in [0.2, 0.25) is 0 Å². The molecule has 108 valence electrons. The van der Waals surface area contributed by atoms with Gasteiger partial charge in [-0.25, -0.2) is 4.79 Å². The maximum absolute atomic E-state index is 11.7. The van der Waals surface area contributed by atoms with Crippen molar-refractivity contribution in [2.75, 3.05) is 13.7 Å². The number of nitrogens with one attached hydrogen (secondary N) is 2. The molecule has 2 N–H and O–H groups in total. The summed E-state index contributed by atoms with van der Waals surface area (Å²) in [5.41, 5.74) is 0. The van der Waals surface area contributed by atoms with Gasteiger partial charge in [0.25, 0.3) is 0 Å². The summed E-state index contributed by atoms with van der Waals surface area (Å²) in [5.74, 6) is 0. The Morgan fingerprint density at radius 1 is 1.40 bits per heavy atom. The van der Waals surface area contributed by atoms with Gasteiger partial charge in [0.1, 0.15) is 6.10 Å². The standard InChI is InChI=1S/C13H15ClN2O2S2/c1-18-10(11-4-5-12(14)20-11)8-16-13(17)15-7-9-3-2-6-19-9/h2-6,10H,7-8H2,1H3,(H2,15,16,17). The van der Waals surface area contributed by atoms with Crippen LogP contribution in [0.3, 0.4) is 0 Å². The second-order valence-electron chi connectivity index (χ2n) is 4.01. The number of carbonyl (C=O) groups excluding carboxylic acids is 1. The molecular weight excluding hydrogens is 316 g/mol. The monoisotopic (exact) mass is 330 g/mol. The van der Waals surface area contributed by atoms with E-state index in [1.165, 1.54) is 11.3 Å². The Balaban J connectivity index is 1.76. The minimum atomic E-state index is -0.205. The molecule has 0 saturated carbocycles. The van der Waals surface area contributed by atoms with Gasteiger partial charge in [-0.2, -0.15) is 0 Å². The molecule has 0 spiro atoms. The molecule has 0 aromatic carbocycles. The van der Waals surface area contributed by atoms with Gasteiger partial charge < -0.3 is 15.4 Å². The van der Waals surface area contributed by atoms with Crippen molar-refractivity contribution in [1.29, 1.82) is 0 Å². The first-order valence-corrected chi connectivity index (χ1v) is 8.08. The van der Waals surface area contributed by atoms with E-state index in [9.17, 15) is 4.79 Å². The Labute approximate surface area is 130 Å². The van der Waals surface area contributed by atoms with Gasteiger partial charge in [-0.3, -0.25) is 0 Å². The largest absolute Gasteiger partial charge is 0.374 e. The first-order chi connectivity index (χ1) is 9.69. The Kier molecular flexibility index (Phi) is 5.85. The summed E-state index contributed by atoms with van der Waals surface area (Å²) < 4.78 is 6.07. The number of urea groups is 1. The SMILES string of the molecule is COC(CNC(=O)NCc1cccs1)c1ccc(Cl)s1. The van der Waals surface area contributed by atoms with Crippen LogP contribution < -0.4 is 10.6 Å². The highest BCUT2D eigenvalue weighted by atomic mass is 35.5. The summed E-state index contributed by atoms with van der Waals surface area (Å²) in [7, 11) is 1.61. The summed E-state index contributed by atoms with van der Waals surface area (Å²) >= 11 is 8.96. The molecule has 20 heavy (non-hydrogen) atoms. The number of thiophene rings is 2. The number of halogens is 1. The lowest BCUT2D eigenvalue weighted by molar-refractivity contribution is 0.107. The molecule has 1 unspecified atom stereocenters. The van der Waals surface area contributed by atoms with Crippen LogP contribution in [0.15, 0.2) is 29.6 Å². The van der Waals surface area contributed by atoms with E-state index >= 15 is 0 Å². The number of hydrogen-bond donors (Lipinski definition) is 2. The highest BCUT2D eigenvalue weighted by Gasteiger charge is 2.14. The second-order valence-corrected chi connectivity index (χ2v) is 6.79. The van der Waals surface area contributed by atoms with Gasteiger partial charge in [0.15, 0.2) is 0 Å². The fourth-order valence-corrected chi connectivity index (χ4v) is 3.41. The van der Waals surface area contributed by atoms with E-state index in [0.717, 1.165) is 9.75 Å². The van der Waals surface area contributed by atoms with E-state index in [2.05, 4.69) is 10.6 Å². The Morgan fingerprint density at radius 3 is 2.85 bits per heavy atom. The first-order valence-electron chi connectivity index (χ1n) is 6.01. The molecule has 2 amide bonds. The number of hydrogen-bond acceptors (Lipinski definition) is 4.